The van der Waals surface area contributed by atoms with Crippen molar-refractivity contribution in [2.75, 3.05) is 0 Å². The zero-order valence-electron chi connectivity index (χ0n) is 14.9. The summed E-state index contributed by atoms with van der Waals surface area (Å²) in [5.41, 5.74) is 5.12. The van der Waals surface area contributed by atoms with E-state index >= 15 is 0 Å². The van der Waals surface area contributed by atoms with Crippen LogP contribution >= 0.6 is 0 Å². The van der Waals surface area contributed by atoms with Crippen LogP contribution in [0.2, 0.25) is 0 Å². The molecule has 0 bridgehead atoms. The highest BCUT2D eigenvalue weighted by molar-refractivity contribution is 6.06. The Balaban J connectivity index is 2.02. The summed E-state index contributed by atoms with van der Waals surface area (Å²) in [4.78, 5) is 4.72. The maximum Gasteiger partial charge on any atom is 0.228 e. The number of furan rings is 1. The molecule has 0 aliphatic rings. The summed E-state index contributed by atoms with van der Waals surface area (Å²) in [5.74, 6) is 0.264. The molecule has 0 saturated carbocycles. The van der Waals surface area contributed by atoms with Crippen molar-refractivity contribution in [3.63, 3.8) is 0 Å². The lowest BCUT2D eigenvalue weighted by Crippen LogP contribution is -2.11. The number of pyridine rings is 1. The molecule has 0 radical (unpaired) electrons. The molecule has 3 nitrogen and oxygen atoms in total. The molecular weight excluding hydrogens is 310 g/mol. The van der Waals surface area contributed by atoms with E-state index in [1.54, 1.807) is 6.07 Å². The highest BCUT2D eigenvalue weighted by atomic mass is 16.3. The predicted octanol–water partition coefficient (Wildman–Crippen LogP) is 5.96. The Morgan fingerprint density at radius 3 is 2.40 bits per heavy atom. The lowest BCUT2D eigenvalue weighted by atomic mass is 9.85. The van der Waals surface area contributed by atoms with Gasteiger partial charge in [-0.1, -0.05) is 51.1 Å². The number of fused-ring (bicyclic) bond motifs is 3. The third-order valence-corrected chi connectivity index (χ3v) is 4.63. The highest BCUT2D eigenvalue weighted by Crippen LogP contribution is 2.39. The Kier molecular flexibility index (Phi) is 3.36. The van der Waals surface area contributed by atoms with Crippen molar-refractivity contribution in [2.24, 2.45) is 0 Å². The van der Waals surface area contributed by atoms with Crippen LogP contribution < -0.4 is 0 Å². The molecule has 126 valence electrons. The predicted molar refractivity (Wildman–Crippen MR) is 102 cm³/mol. The van der Waals surface area contributed by atoms with Crippen LogP contribution in [0.4, 0.5) is 0 Å². The van der Waals surface area contributed by atoms with Crippen molar-refractivity contribution < 1.29 is 9.52 Å². The van der Waals surface area contributed by atoms with E-state index in [2.05, 4.69) is 33.8 Å². The summed E-state index contributed by atoms with van der Waals surface area (Å²) < 4.78 is 5.97. The molecule has 0 spiro atoms. The van der Waals surface area contributed by atoms with Gasteiger partial charge in [0.2, 0.25) is 5.71 Å². The van der Waals surface area contributed by atoms with Gasteiger partial charge in [-0.2, -0.15) is 0 Å². The number of hydrogen-bond acceptors (Lipinski definition) is 3. The zero-order valence-corrected chi connectivity index (χ0v) is 14.9. The molecule has 4 aromatic rings. The number of phenolic OH excluding ortho intramolecular Hbond substituents is 1. The lowest BCUT2D eigenvalue weighted by Gasteiger charge is -2.20. The number of aromatic nitrogens is 1. The first-order chi connectivity index (χ1) is 11.8. The SMILES string of the molecule is Cc1cc(-c2ccccc2)nc2oc3cc(O)c(C(C)(C)C)cc3c12. The Hall–Kier alpha value is -2.81. The minimum atomic E-state index is -0.146. The highest BCUT2D eigenvalue weighted by Gasteiger charge is 2.22. The largest absolute Gasteiger partial charge is 0.508 e. The normalized spacial score (nSPS) is 12.2. The van der Waals surface area contributed by atoms with Crippen LogP contribution in [0.3, 0.4) is 0 Å². The molecule has 2 aromatic heterocycles. The first-order valence-electron chi connectivity index (χ1n) is 8.47. The monoisotopic (exact) mass is 331 g/mol. The molecule has 0 fully saturated rings. The fourth-order valence-corrected chi connectivity index (χ4v) is 3.36. The number of phenols is 1. The van der Waals surface area contributed by atoms with Gasteiger partial charge < -0.3 is 9.52 Å². The minimum absolute atomic E-state index is 0.146. The molecular formula is C22H21NO2. The van der Waals surface area contributed by atoms with E-state index in [1.807, 2.05) is 36.4 Å². The van der Waals surface area contributed by atoms with Crippen molar-refractivity contribution in [1.82, 2.24) is 4.98 Å². The number of aromatic hydroxyl groups is 1. The van der Waals surface area contributed by atoms with E-state index in [0.717, 1.165) is 33.2 Å². The fourth-order valence-electron chi connectivity index (χ4n) is 3.36. The quantitative estimate of drug-likeness (QED) is 0.468. The Bertz CT molecular complexity index is 1090. The van der Waals surface area contributed by atoms with Gasteiger partial charge in [0.25, 0.3) is 0 Å². The minimum Gasteiger partial charge on any atom is -0.508 e. The molecule has 25 heavy (non-hydrogen) atoms. The van der Waals surface area contributed by atoms with Crippen molar-refractivity contribution in [1.29, 1.82) is 0 Å². The van der Waals surface area contributed by atoms with Crippen LogP contribution in [-0.4, -0.2) is 10.1 Å². The fraction of sp³-hybridized carbons (Fsp3) is 0.227. The molecule has 0 aliphatic heterocycles. The lowest BCUT2D eigenvalue weighted by molar-refractivity contribution is 0.446. The van der Waals surface area contributed by atoms with Gasteiger partial charge in [0.1, 0.15) is 11.3 Å². The summed E-state index contributed by atoms with van der Waals surface area (Å²) >= 11 is 0. The van der Waals surface area contributed by atoms with Gasteiger partial charge in [0.15, 0.2) is 0 Å². The van der Waals surface area contributed by atoms with Gasteiger partial charge in [-0.05, 0) is 30.0 Å². The molecule has 2 heterocycles. The summed E-state index contributed by atoms with van der Waals surface area (Å²) in [6, 6.07) is 15.9. The summed E-state index contributed by atoms with van der Waals surface area (Å²) in [6.45, 7) is 8.35. The van der Waals surface area contributed by atoms with E-state index in [4.69, 9.17) is 9.40 Å². The van der Waals surface area contributed by atoms with Crippen LogP contribution in [0.1, 0.15) is 31.9 Å². The number of rotatable bonds is 1. The van der Waals surface area contributed by atoms with Crippen LogP contribution in [0.5, 0.6) is 5.75 Å². The number of nitrogens with zero attached hydrogens (tertiary/aromatic N) is 1. The van der Waals surface area contributed by atoms with E-state index < -0.39 is 0 Å². The summed E-state index contributed by atoms with van der Waals surface area (Å²) in [6.07, 6.45) is 0. The molecule has 0 amide bonds. The smallest absolute Gasteiger partial charge is 0.228 e. The van der Waals surface area contributed by atoms with E-state index in [-0.39, 0.29) is 11.2 Å². The van der Waals surface area contributed by atoms with Gasteiger partial charge in [-0.3, -0.25) is 0 Å². The van der Waals surface area contributed by atoms with Gasteiger partial charge >= 0.3 is 0 Å². The number of hydrogen-bond donors (Lipinski definition) is 1. The van der Waals surface area contributed by atoms with E-state index in [9.17, 15) is 5.11 Å². The second-order valence-corrected chi connectivity index (χ2v) is 7.59. The average Bonchev–Trinajstić information content (AvgIpc) is 2.91. The molecule has 1 N–H and O–H groups in total. The molecule has 3 heteroatoms. The van der Waals surface area contributed by atoms with Crippen molar-refractivity contribution >= 4 is 22.1 Å². The van der Waals surface area contributed by atoms with E-state index in [0.29, 0.717) is 11.3 Å². The maximum atomic E-state index is 10.4. The van der Waals surface area contributed by atoms with Gasteiger partial charge in [0, 0.05) is 22.6 Å². The second kappa shape index (κ2) is 5.35. The van der Waals surface area contributed by atoms with Crippen molar-refractivity contribution in [3.8, 4) is 17.0 Å². The van der Waals surface area contributed by atoms with Crippen molar-refractivity contribution in [3.05, 3.63) is 59.7 Å². The van der Waals surface area contributed by atoms with Crippen molar-refractivity contribution in [2.45, 2.75) is 33.1 Å². The molecule has 4 rings (SSSR count). The molecule has 2 aromatic carbocycles. The Morgan fingerprint density at radius 2 is 1.72 bits per heavy atom. The average molecular weight is 331 g/mol. The summed E-state index contributed by atoms with van der Waals surface area (Å²) in [7, 11) is 0. The van der Waals surface area contributed by atoms with Gasteiger partial charge in [0.05, 0.1) is 11.1 Å². The third-order valence-electron chi connectivity index (χ3n) is 4.63. The molecule has 0 unspecified atom stereocenters. The zero-order chi connectivity index (χ0) is 17.8. The molecule has 0 atom stereocenters. The first kappa shape index (κ1) is 15.7. The maximum absolute atomic E-state index is 10.4. The van der Waals surface area contributed by atoms with Crippen LogP contribution in [0.25, 0.3) is 33.3 Å². The van der Waals surface area contributed by atoms with Crippen LogP contribution in [0, 0.1) is 6.92 Å². The standard InChI is InChI=1S/C22H21NO2/c1-13-10-17(14-8-6-5-7-9-14)23-21-20(13)15-11-16(22(2,3)4)18(24)12-19(15)25-21/h5-12,24H,1-4H3. The third kappa shape index (κ3) is 2.56. The van der Waals surface area contributed by atoms with E-state index in [1.165, 1.54) is 0 Å². The molecule has 0 aliphatic carbocycles. The Labute approximate surface area is 146 Å². The second-order valence-electron chi connectivity index (χ2n) is 7.59. The van der Waals surface area contributed by atoms with Gasteiger partial charge in [-0.25, -0.2) is 4.98 Å². The first-order valence-corrected chi connectivity index (χ1v) is 8.47. The topological polar surface area (TPSA) is 46.3 Å². The van der Waals surface area contributed by atoms with Crippen LogP contribution in [-0.2, 0) is 5.41 Å². The molecule has 0 saturated heterocycles. The van der Waals surface area contributed by atoms with Crippen LogP contribution in [0.15, 0.2) is 52.9 Å². The Morgan fingerprint density at radius 1 is 1.00 bits per heavy atom. The van der Waals surface area contributed by atoms with Gasteiger partial charge in [-0.15, -0.1) is 0 Å². The summed E-state index contributed by atoms with van der Waals surface area (Å²) in [5, 5.41) is 12.4. The number of aryl methyl sites for hydroxylation is 1. The number of benzene rings is 2.